The maximum atomic E-state index is 12.9. The normalized spacial score (nSPS) is 13.3. The van der Waals surface area contributed by atoms with E-state index in [1.54, 1.807) is 11.3 Å². The zero-order valence-corrected chi connectivity index (χ0v) is 15.8. The number of anilines is 1. The molecule has 1 N–H and O–H groups in total. The molecular formula is C19H18N4O4S. The molecule has 0 aliphatic heterocycles. The van der Waals surface area contributed by atoms with Crippen molar-refractivity contribution in [1.29, 1.82) is 0 Å². The van der Waals surface area contributed by atoms with E-state index in [1.165, 1.54) is 40.0 Å². The van der Waals surface area contributed by atoms with Crippen LogP contribution in [0.4, 0.5) is 11.4 Å². The van der Waals surface area contributed by atoms with Gasteiger partial charge in [-0.05, 0) is 43.4 Å². The summed E-state index contributed by atoms with van der Waals surface area (Å²) in [5.41, 5.74) is 1.48. The predicted octanol–water partition coefficient (Wildman–Crippen LogP) is 3.27. The van der Waals surface area contributed by atoms with Crippen LogP contribution in [0.1, 0.15) is 29.7 Å². The van der Waals surface area contributed by atoms with Crippen LogP contribution in [0.3, 0.4) is 0 Å². The molecule has 3 aromatic rings. The van der Waals surface area contributed by atoms with Crippen LogP contribution in [-0.4, -0.2) is 20.4 Å². The van der Waals surface area contributed by atoms with Crippen molar-refractivity contribution in [2.45, 2.75) is 38.6 Å². The number of nitro benzene ring substituents is 1. The zero-order chi connectivity index (χ0) is 19.7. The van der Waals surface area contributed by atoms with E-state index >= 15 is 0 Å². The van der Waals surface area contributed by atoms with Gasteiger partial charge in [-0.15, -0.1) is 11.3 Å². The molecule has 0 spiro atoms. The van der Waals surface area contributed by atoms with Crippen molar-refractivity contribution in [3.63, 3.8) is 0 Å². The third-order valence-electron chi connectivity index (χ3n) is 4.88. The SMILES string of the molecule is O=C(CCn1cnc2sc3c(c2c1=O)CCCC3)Nc1ccc([N+](=O)[O-])cc1. The van der Waals surface area contributed by atoms with Crippen LogP contribution >= 0.6 is 11.3 Å². The van der Waals surface area contributed by atoms with Gasteiger partial charge in [-0.3, -0.25) is 24.3 Å². The van der Waals surface area contributed by atoms with Crippen LogP contribution in [-0.2, 0) is 24.2 Å². The van der Waals surface area contributed by atoms with Crippen LogP contribution in [0.2, 0.25) is 0 Å². The van der Waals surface area contributed by atoms with Gasteiger partial charge in [0.15, 0.2) is 0 Å². The number of carbonyl (C=O) groups excluding carboxylic acids is 1. The second-order valence-electron chi connectivity index (χ2n) is 6.74. The van der Waals surface area contributed by atoms with Gasteiger partial charge in [0.05, 0.1) is 16.6 Å². The summed E-state index contributed by atoms with van der Waals surface area (Å²) in [6, 6.07) is 5.62. The Balaban J connectivity index is 1.46. The Kier molecular flexibility index (Phi) is 4.91. The number of thiophene rings is 1. The first-order chi connectivity index (χ1) is 13.5. The number of hydrogen-bond donors (Lipinski definition) is 1. The van der Waals surface area contributed by atoms with Gasteiger partial charge in [-0.25, -0.2) is 4.98 Å². The predicted molar refractivity (Wildman–Crippen MR) is 107 cm³/mol. The molecule has 1 aliphatic rings. The number of nitrogens with zero attached hydrogens (tertiary/aromatic N) is 3. The lowest BCUT2D eigenvalue weighted by molar-refractivity contribution is -0.384. The first kappa shape index (κ1) is 18.3. The fourth-order valence-corrected chi connectivity index (χ4v) is 4.67. The first-order valence-corrected chi connectivity index (χ1v) is 9.88. The second kappa shape index (κ2) is 7.51. The Morgan fingerprint density at radius 3 is 2.75 bits per heavy atom. The number of rotatable bonds is 5. The zero-order valence-electron chi connectivity index (χ0n) is 15.0. The van der Waals surface area contributed by atoms with Gasteiger partial charge in [-0.1, -0.05) is 0 Å². The Bertz CT molecular complexity index is 1120. The highest BCUT2D eigenvalue weighted by molar-refractivity contribution is 7.18. The Hall–Kier alpha value is -3.07. The van der Waals surface area contributed by atoms with Crippen molar-refractivity contribution < 1.29 is 9.72 Å². The number of aromatic nitrogens is 2. The quantitative estimate of drug-likeness (QED) is 0.524. The molecule has 0 saturated heterocycles. The number of carbonyl (C=O) groups is 1. The minimum absolute atomic E-state index is 0.0389. The number of amides is 1. The van der Waals surface area contributed by atoms with Crippen LogP contribution in [0.15, 0.2) is 35.4 Å². The van der Waals surface area contributed by atoms with Crippen molar-refractivity contribution in [2.75, 3.05) is 5.32 Å². The molecule has 28 heavy (non-hydrogen) atoms. The van der Waals surface area contributed by atoms with Gasteiger partial charge < -0.3 is 5.32 Å². The molecule has 8 nitrogen and oxygen atoms in total. The number of benzene rings is 1. The van der Waals surface area contributed by atoms with Crippen molar-refractivity contribution in [1.82, 2.24) is 9.55 Å². The largest absolute Gasteiger partial charge is 0.326 e. The van der Waals surface area contributed by atoms with Crippen molar-refractivity contribution >= 4 is 38.8 Å². The van der Waals surface area contributed by atoms with E-state index in [2.05, 4.69) is 10.3 Å². The number of nitrogens with one attached hydrogen (secondary N) is 1. The molecule has 0 unspecified atom stereocenters. The molecule has 0 radical (unpaired) electrons. The standard InChI is InChI=1S/C19H18N4O4S/c24-16(21-12-5-7-13(8-6-12)23(26)27)9-10-22-11-20-18-17(19(22)25)14-3-1-2-4-15(14)28-18/h5-8,11H,1-4,9-10H2,(H,21,24). The van der Waals surface area contributed by atoms with Gasteiger partial charge in [0.1, 0.15) is 4.83 Å². The summed E-state index contributed by atoms with van der Waals surface area (Å²) in [4.78, 5) is 41.7. The summed E-state index contributed by atoms with van der Waals surface area (Å²) in [6.45, 7) is 0.227. The number of nitro groups is 1. The maximum absolute atomic E-state index is 12.9. The van der Waals surface area contributed by atoms with Crippen molar-refractivity contribution in [2.24, 2.45) is 0 Å². The van der Waals surface area contributed by atoms with Gasteiger partial charge in [0.2, 0.25) is 5.91 Å². The fourth-order valence-electron chi connectivity index (χ4n) is 3.45. The summed E-state index contributed by atoms with van der Waals surface area (Å²) in [7, 11) is 0. The molecule has 144 valence electrons. The second-order valence-corrected chi connectivity index (χ2v) is 7.82. The van der Waals surface area contributed by atoms with Crippen molar-refractivity contribution in [3.05, 3.63) is 61.5 Å². The van der Waals surface area contributed by atoms with E-state index in [0.717, 1.165) is 36.1 Å². The van der Waals surface area contributed by atoms with E-state index < -0.39 is 4.92 Å². The smallest absolute Gasteiger partial charge is 0.269 e. The molecular weight excluding hydrogens is 380 g/mol. The summed E-state index contributed by atoms with van der Waals surface area (Å²) in [5, 5.41) is 14.1. The highest BCUT2D eigenvalue weighted by Gasteiger charge is 2.20. The van der Waals surface area contributed by atoms with Gasteiger partial charge in [-0.2, -0.15) is 0 Å². The molecule has 2 heterocycles. The topological polar surface area (TPSA) is 107 Å². The minimum atomic E-state index is -0.496. The Labute approximate surface area is 164 Å². The Morgan fingerprint density at radius 1 is 1.25 bits per heavy atom. The summed E-state index contributed by atoms with van der Waals surface area (Å²) < 4.78 is 1.49. The fraction of sp³-hybridized carbons (Fsp3) is 0.316. The van der Waals surface area contributed by atoms with E-state index in [9.17, 15) is 19.7 Å². The van der Waals surface area contributed by atoms with E-state index in [0.29, 0.717) is 11.1 Å². The highest BCUT2D eigenvalue weighted by atomic mass is 32.1. The molecule has 0 atom stereocenters. The summed E-state index contributed by atoms with van der Waals surface area (Å²) >= 11 is 1.60. The number of aryl methyl sites for hydroxylation is 3. The van der Waals surface area contributed by atoms with Gasteiger partial charge in [0, 0.05) is 35.7 Å². The van der Waals surface area contributed by atoms with Crippen LogP contribution in [0.5, 0.6) is 0 Å². The van der Waals surface area contributed by atoms with Gasteiger partial charge in [0.25, 0.3) is 11.2 Å². The summed E-state index contributed by atoms with van der Waals surface area (Å²) in [6.07, 6.45) is 5.77. The Morgan fingerprint density at radius 2 is 2.00 bits per heavy atom. The van der Waals surface area contributed by atoms with Crippen molar-refractivity contribution in [3.8, 4) is 0 Å². The number of fused-ring (bicyclic) bond motifs is 3. The summed E-state index contributed by atoms with van der Waals surface area (Å²) in [5.74, 6) is -0.270. The molecule has 0 saturated carbocycles. The third kappa shape index (κ3) is 3.53. The van der Waals surface area contributed by atoms with E-state index in [4.69, 9.17) is 0 Å². The molecule has 0 fully saturated rings. The third-order valence-corrected chi connectivity index (χ3v) is 6.08. The molecule has 1 amide bonds. The molecule has 1 aliphatic carbocycles. The lowest BCUT2D eigenvalue weighted by Gasteiger charge is -2.10. The van der Waals surface area contributed by atoms with Crippen LogP contribution in [0, 0.1) is 10.1 Å². The van der Waals surface area contributed by atoms with Crippen LogP contribution in [0.25, 0.3) is 10.2 Å². The van der Waals surface area contributed by atoms with E-state index in [1.807, 2.05) is 0 Å². The lowest BCUT2D eigenvalue weighted by atomic mass is 9.97. The minimum Gasteiger partial charge on any atom is -0.326 e. The van der Waals surface area contributed by atoms with Gasteiger partial charge >= 0.3 is 0 Å². The van der Waals surface area contributed by atoms with Crippen LogP contribution < -0.4 is 10.9 Å². The monoisotopic (exact) mass is 398 g/mol. The number of non-ortho nitro benzene ring substituents is 1. The first-order valence-electron chi connectivity index (χ1n) is 9.07. The van der Waals surface area contributed by atoms with E-state index in [-0.39, 0.29) is 30.1 Å². The molecule has 4 rings (SSSR count). The average molecular weight is 398 g/mol. The molecule has 0 bridgehead atoms. The molecule has 1 aromatic carbocycles. The maximum Gasteiger partial charge on any atom is 0.269 e. The number of hydrogen-bond acceptors (Lipinski definition) is 6. The molecule has 2 aromatic heterocycles. The lowest BCUT2D eigenvalue weighted by Crippen LogP contribution is -2.24. The average Bonchev–Trinajstić information content (AvgIpc) is 3.07. The molecule has 9 heteroatoms. The highest BCUT2D eigenvalue weighted by Crippen LogP contribution is 2.33.